The minimum Gasteiger partial charge on any atom is -0.317 e. The van der Waals surface area contributed by atoms with Crippen molar-refractivity contribution in [3.63, 3.8) is 0 Å². The smallest absolute Gasteiger partial charge is 0.220 e. The van der Waals surface area contributed by atoms with Crippen molar-refractivity contribution < 1.29 is 0 Å². The molecule has 0 aromatic carbocycles. The minimum absolute atomic E-state index is 0.518. The van der Waals surface area contributed by atoms with Gasteiger partial charge in [0.25, 0.3) is 0 Å². The van der Waals surface area contributed by atoms with Gasteiger partial charge in [0.2, 0.25) is 6.54 Å². The molecule has 0 aliphatic rings. The molecule has 0 bridgehead atoms. The first kappa shape index (κ1) is 7.81. The van der Waals surface area contributed by atoms with Gasteiger partial charge in [0, 0.05) is 12.4 Å². The summed E-state index contributed by atoms with van der Waals surface area (Å²) in [6, 6.07) is 5.88. The van der Waals surface area contributed by atoms with Crippen molar-refractivity contribution in [2.45, 2.75) is 6.42 Å². The third kappa shape index (κ3) is 1.52. The van der Waals surface area contributed by atoms with Gasteiger partial charge < -0.3 is 9.25 Å². The molecule has 3 heteroatoms. The van der Waals surface area contributed by atoms with E-state index in [0.717, 1.165) is 17.8 Å². The van der Waals surface area contributed by atoms with E-state index < -0.39 is 0 Å². The lowest BCUT2D eigenvalue weighted by atomic mass is 10.3. The lowest BCUT2D eigenvalue weighted by Crippen LogP contribution is -1.86. The zero-order valence-electron chi connectivity index (χ0n) is 7.14. The zero-order valence-corrected chi connectivity index (χ0v) is 7.14. The van der Waals surface area contributed by atoms with Gasteiger partial charge in [-0.05, 0) is 12.1 Å². The van der Waals surface area contributed by atoms with Crippen molar-refractivity contribution in [2.75, 3.05) is 6.54 Å². The van der Waals surface area contributed by atoms with Gasteiger partial charge in [0.1, 0.15) is 5.65 Å². The van der Waals surface area contributed by atoms with E-state index in [-0.39, 0.29) is 0 Å². The molecule has 0 spiro atoms. The molecule has 3 nitrogen and oxygen atoms in total. The lowest BCUT2D eigenvalue weighted by Gasteiger charge is -1.86. The van der Waals surface area contributed by atoms with Crippen molar-refractivity contribution in [3.05, 3.63) is 47.7 Å². The van der Waals surface area contributed by atoms with Gasteiger partial charge in [-0.15, -0.1) is 0 Å². The SMILES string of the molecule is [C-]#[N+]CCc1cn2ccccc2n1. The Kier molecular flexibility index (Phi) is 1.97. The van der Waals surface area contributed by atoms with Gasteiger partial charge in [0.05, 0.1) is 12.1 Å². The van der Waals surface area contributed by atoms with Crippen LogP contribution in [-0.2, 0) is 6.42 Å². The molecule has 0 unspecified atom stereocenters. The monoisotopic (exact) mass is 171 g/mol. The molecule has 2 aromatic heterocycles. The fourth-order valence-corrected chi connectivity index (χ4v) is 1.28. The summed E-state index contributed by atoms with van der Waals surface area (Å²) < 4.78 is 1.97. The molecule has 0 radical (unpaired) electrons. The molecule has 2 heterocycles. The number of rotatable bonds is 2. The van der Waals surface area contributed by atoms with Crippen molar-refractivity contribution in [1.29, 1.82) is 0 Å². The first-order valence-electron chi connectivity index (χ1n) is 4.16. The number of pyridine rings is 1. The second-order valence-corrected chi connectivity index (χ2v) is 2.83. The molecule has 2 rings (SSSR count). The number of nitrogens with zero attached hydrogens (tertiary/aromatic N) is 3. The van der Waals surface area contributed by atoms with Crippen molar-refractivity contribution >= 4 is 5.65 Å². The van der Waals surface area contributed by atoms with Crippen LogP contribution in [0.15, 0.2) is 30.6 Å². The highest BCUT2D eigenvalue weighted by Crippen LogP contribution is 2.04. The highest BCUT2D eigenvalue weighted by molar-refractivity contribution is 5.39. The van der Waals surface area contributed by atoms with Crippen LogP contribution in [0.3, 0.4) is 0 Å². The predicted molar refractivity (Wildman–Crippen MR) is 50.4 cm³/mol. The fraction of sp³-hybridized carbons (Fsp3) is 0.200. The normalized spacial score (nSPS) is 10.1. The Balaban J connectivity index is 2.34. The summed E-state index contributed by atoms with van der Waals surface area (Å²) in [7, 11) is 0. The number of fused-ring (bicyclic) bond motifs is 1. The largest absolute Gasteiger partial charge is 0.317 e. The molecule has 0 atom stereocenters. The first-order valence-corrected chi connectivity index (χ1v) is 4.16. The Bertz CT molecular complexity index is 417. The molecule has 0 saturated carbocycles. The van der Waals surface area contributed by atoms with E-state index in [0.29, 0.717) is 6.54 Å². The van der Waals surface area contributed by atoms with Gasteiger partial charge in [-0.2, -0.15) is 0 Å². The Morgan fingerprint density at radius 1 is 1.46 bits per heavy atom. The van der Waals surface area contributed by atoms with E-state index in [1.807, 2.05) is 35.0 Å². The maximum absolute atomic E-state index is 6.68. The van der Waals surface area contributed by atoms with E-state index >= 15 is 0 Å². The lowest BCUT2D eigenvalue weighted by molar-refractivity contribution is 1.02. The summed E-state index contributed by atoms with van der Waals surface area (Å²) in [5.41, 5.74) is 1.93. The summed E-state index contributed by atoms with van der Waals surface area (Å²) >= 11 is 0. The fourth-order valence-electron chi connectivity index (χ4n) is 1.28. The van der Waals surface area contributed by atoms with Gasteiger partial charge in [-0.1, -0.05) is 6.07 Å². The van der Waals surface area contributed by atoms with Crippen LogP contribution in [0, 0.1) is 6.57 Å². The molecule has 13 heavy (non-hydrogen) atoms. The highest BCUT2D eigenvalue weighted by atomic mass is 15.0. The van der Waals surface area contributed by atoms with Gasteiger partial charge in [-0.25, -0.2) is 11.6 Å². The second-order valence-electron chi connectivity index (χ2n) is 2.83. The van der Waals surface area contributed by atoms with Gasteiger partial charge >= 0.3 is 0 Å². The van der Waals surface area contributed by atoms with Crippen LogP contribution in [0.1, 0.15) is 5.69 Å². The zero-order chi connectivity index (χ0) is 9.10. The number of aromatic nitrogens is 2. The summed E-state index contributed by atoms with van der Waals surface area (Å²) in [6.45, 7) is 7.19. The van der Waals surface area contributed by atoms with E-state index in [4.69, 9.17) is 6.57 Å². The molecule has 0 saturated heterocycles. The third-order valence-electron chi connectivity index (χ3n) is 1.89. The van der Waals surface area contributed by atoms with Crippen LogP contribution in [-0.4, -0.2) is 15.9 Å². The maximum atomic E-state index is 6.68. The van der Waals surface area contributed by atoms with Crippen molar-refractivity contribution in [2.24, 2.45) is 0 Å². The average molecular weight is 171 g/mol. The number of hydrogen-bond acceptors (Lipinski definition) is 1. The third-order valence-corrected chi connectivity index (χ3v) is 1.89. The Morgan fingerprint density at radius 3 is 3.15 bits per heavy atom. The van der Waals surface area contributed by atoms with E-state index in [1.165, 1.54) is 0 Å². The summed E-state index contributed by atoms with van der Waals surface area (Å²) in [4.78, 5) is 7.67. The van der Waals surface area contributed by atoms with E-state index in [9.17, 15) is 0 Å². The van der Waals surface area contributed by atoms with Gasteiger partial charge in [0.15, 0.2) is 0 Å². The quantitative estimate of drug-likeness (QED) is 0.631. The van der Waals surface area contributed by atoms with Crippen LogP contribution in [0.2, 0.25) is 0 Å². The Labute approximate surface area is 76.5 Å². The first-order chi connectivity index (χ1) is 6.40. The standard InChI is InChI=1S/C10H9N3/c1-11-6-5-9-8-13-7-3-2-4-10(13)12-9/h2-4,7-8H,5-6H2. The van der Waals surface area contributed by atoms with Crippen molar-refractivity contribution in [1.82, 2.24) is 9.38 Å². The molecule has 0 aliphatic heterocycles. The Hall–Kier alpha value is -1.82. The molecule has 0 aliphatic carbocycles. The van der Waals surface area contributed by atoms with Crippen LogP contribution in [0.5, 0.6) is 0 Å². The van der Waals surface area contributed by atoms with Crippen LogP contribution < -0.4 is 0 Å². The molecule has 0 N–H and O–H groups in total. The van der Waals surface area contributed by atoms with E-state index in [1.54, 1.807) is 0 Å². The highest BCUT2D eigenvalue weighted by Gasteiger charge is 2.00. The molecule has 2 aromatic rings. The molecular weight excluding hydrogens is 162 g/mol. The maximum Gasteiger partial charge on any atom is 0.220 e. The Morgan fingerprint density at radius 2 is 2.38 bits per heavy atom. The predicted octanol–water partition coefficient (Wildman–Crippen LogP) is 1.80. The minimum atomic E-state index is 0.518. The number of imidazole rings is 1. The second kappa shape index (κ2) is 3.28. The molecule has 0 fully saturated rings. The topological polar surface area (TPSA) is 21.7 Å². The molecule has 0 amide bonds. The van der Waals surface area contributed by atoms with Crippen LogP contribution in [0.25, 0.3) is 10.5 Å². The summed E-state index contributed by atoms with van der Waals surface area (Å²) in [5.74, 6) is 0. The number of hydrogen-bond donors (Lipinski definition) is 0. The van der Waals surface area contributed by atoms with E-state index in [2.05, 4.69) is 9.83 Å². The van der Waals surface area contributed by atoms with Crippen LogP contribution >= 0.6 is 0 Å². The molecular formula is C10H9N3. The van der Waals surface area contributed by atoms with Crippen LogP contribution in [0.4, 0.5) is 0 Å². The molecule has 64 valence electrons. The summed E-state index contributed by atoms with van der Waals surface area (Å²) in [5, 5.41) is 0. The summed E-state index contributed by atoms with van der Waals surface area (Å²) in [6.07, 6.45) is 4.68. The average Bonchev–Trinajstić information content (AvgIpc) is 2.57. The van der Waals surface area contributed by atoms with Gasteiger partial charge in [-0.3, -0.25) is 0 Å². The van der Waals surface area contributed by atoms with Crippen molar-refractivity contribution in [3.8, 4) is 0 Å².